The molecule has 6 rings (SSSR count). The monoisotopic (exact) mass is 752 g/mol. The first-order valence-electron chi connectivity index (χ1n) is 17.9. The lowest BCUT2D eigenvalue weighted by Crippen LogP contribution is -2.58. The summed E-state index contributed by atoms with van der Waals surface area (Å²) in [5, 5.41) is 0. The maximum absolute atomic E-state index is 14.7. The Balaban J connectivity index is 1.24. The van der Waals surface area contributed by atoms with Gasteiger partial charge in [0.25, 0.3) is 11.2 Å². The first-order chi connectivity index (χ1) is 24.8. The van der Waals surface area contributed by atoms with Crippen LogP contribution in [0.2, 0.25) is 0 Å². The van der Waals surface area contributed by atoms with E-state index in [2.05, 4.69) is 6.92 Å². The molecule has 2 aromatic carbocycles. The Kier molecular flexibility index (Phi) is 9.93. The average molecular weight is 753 g/mol. The Morgan fingerprint density at radius 3 is 1.66 bits per heavy atom. The molecular weight excluding hydrogens is 706 g/mol. The molecule has 0 bridgehead atoms. The van der Waals surface area contributed by atoms with E-state index in [1.54, 1.807) is 6.07 Å². The maximum Gasteiger partial charge on any atom is 0.432 e. The smallest absolute Gasteiger partial charge is 0.432 e. The van der Waals surface area contributed by atoms with Gasteiger partial charge in [-0.3, -0.25) is 0 Å². The number of carbonyl (C=O) groups is 2. The summed E-state index contributed by atoms with van der Waals surface area (Å²) in [6.07, 6.45) is -9.52. The Labute approximate surface area is 305 Å². The summed E-state index contributed by atoms with van der Waals surface area (Å²) >= 11 is 0. The largest absolute Gasteiger partial charge is 0.459 e. The SMILES string of the molecule is CO[C@@](C(=O)O[C@H]1CO[C@@H]2C3=C(CC[C@]12C)[C@]1(C)CC[C@@H](OC(=O)[C@](OC)(c2ccccc2)C(F)(F)F)C(C)(C)[C@H]1CC3)(c1ccccc1)C(F)(F)F. The third-order valence-corrected chi connectivity index (χ3v) is 13.0. The molecule has 290 valence electrons. The third-order valence-electron chi connectivity index (χ3n) is 13.0. The number of allylic oxidation sites excluding steroid dienone is 1. The average Bonchev–Trinajstić information content (AvgIpc) is 3.42. The molecule has 4 aliphatic rings. The lowest BCUT2D eigenvalue weighted by atomic mass is 9.47. The topological polar surface area (TPSA) is 80.3 Å². The molecule has 0 N–H and O–H groups in total. The summed E-state index contributed by atoms with van der Waals surface area (Å²) < 4.78 is 116. The van der Waals surface area contributed by atoms with Crippen LogP contribution in [-0.4, -0.2) is 63.4 Å². The molecule has 1 heterocycles. The molecule has 13 heteroatoms. The van der Waals surface area contributed by atoms with Crippen molar-refractivity contribution < 1.29 is 59.6 Å². The fourth-order valence-corrected chi connectivity index (χ4v) is 10.1. The van der Waals surface area contributed by atoms with Crippen molar-refractivity contribution in [3.05, 3.63) is 82.9 Å². The van der Waals surface area contributed by atoms with Crippen LogP contribution in [0.4, 0.5) is 26.3 Å². The molecule has 53 heavy (non-hydrogen) atoms. The van der Waals surface area contributed by atoms with Crippen LogP contribution < -0.4 is 0 Å². The summed E-state index contributed by atoms with van der Waals surface area (Å²) in [5.74, 6) is -3.16. The van der Waals surface area contributed by atoms with Crippen LogP contribution in [0.25, 0.3) is 0 Å². The number of ether oxygens (including phenoxy) is 5. The highest BCUT2D eigenvalue weighted by Gasteiger charge is 2.68. The van der Waals surface area contributed by atoms with E-state index in [4.69, 9.17) is 23.7 Å². The number of fused-ring (bicyclic) bond motifs is 4. The summed E-state index contributed by atoms with van der Waals surface area (Å²) in [5.41, 5.74) is -7.20. The van der Waals surface area contributed by atoms with E-state index in [-0.39, 0.29) is 18.1 Å². The van der Waals surface area contributed by atoms with E-state index >= 15 is 0 Å². The maximum atomic E-state index is 14.7. The minimum Gasteiger partial charge on any atom is -0.459 e. The molecule has 1 saturated heterocycles. The van der Waals surface area contributed by atoms with Crippen LogP contribution in [0, 0.1) is 22.2 Å². The number of halogens is 6. The molecule has 0 aromatic heterocycles. The van der Waals surface area contributed by atoms with Crippen molar-refractivity contribution >= 4 is 11.9 Å². The van der Waals surface area contributed by atoms with Crippen molar-refractivity contribution in [3.8, 4) is 0 Å². The van der Waals surface area contributed by atoms with Gasteiger partial charge < -0.3 is 23.7 Å². The van der Waals surface area contributed by atoms with Crippen molar-refractivity contribution in [2.45, 2.75) is 108 Å². The molecule has 0 radical (unpaired) electrons. The first-order valence-corrected chi connectivity index (χ1v) is 17.9. The predicted octanol–water partition coefficient (Wildman–Crippen LogP) is 8.75. The van der Waals surface area contributed by atoms with Gasteiger partial charge in [-0.25, -0.2) is 9.59 Å². The van der Waals surface area contributed by atoms with Crippen LogP contribution in [-0.2, 0) is 44.5 Å². The second-order valence-electron chi connectivity index (χ2n) is 15.9. The molecule has 1 saturated carbocycles. The minimum atomic E-state index is -5.12. The van der Waals surface area contributed by atoms with E-state index in [1.165, 1.54) is 54.6 Å². The molecule has 8 atom stereocenters. The van der Waals surface area contributed by atoms with Crippen molar-refractivity contribution in [2.24, 2.45) is 22.2 Å². The Hall–Kier alpha value is -3.42. The number of benzene rings is 2. The number of hydrogen-bond donors (Lipinski definition) is 0. The van der Waals surface area contributed by atoms with Gasteiger partial charge in [0.05, 0.1) is 12.7 Å². The number of carbonyl (C=O) groups excluding carboxylic acids is 2. The van der Waals surface area contributed by atoms with Gasteiger partial charge in [-0.2, -0.15) is 26.3 Å². The number of methoxy groups -OCH3 is 2. The van der Waals surface area contributed by atoms with Gasteiger partial charge in [-0.1, -0.05) is 93.9 Å². The normalized spacial score (nSPS) is 32.0. The fourth-order valence-electron chi connectivity index (χ4n) is 10.1. The predicted molar refractivity (Wildman–Crippen MR) is 180 cm³/mol. The highest BCUT2D eigenvalue weighted by Crippen LogP contribution is 2.65. The Bertz CT molecular complexity index is 1730. The molecule has 7 nitrogen and oxygen atoms in total. The van der Waals surface area contributed by atoms with Crippen LogP contribution in [0.15, 0.2) is 71.8 Å². The van der Waals surface area contributed by atoms with Crippen LogP contribution in [0.1, 0.15) is 77.3 Å². The highest BCUT2D eigenvalue weighted by atomic mass is 19.4. The molecule has 1 aliphatic heterocycles. The molecule has 2 fully saturated rings. The lowest BCUT2D eigenvalue weighted by Gasteiger charge is -2.59. The molecule has 0 unspecified atom stereocenters. The number of rotatable bonds is 8. The van der Waals surface area contributed by atoms with Crippen molar-refractivity contribution in [3.63, 3.8) is 0 Å². The Morgan fingerprint density at radius 1 is 0.698 bits per heavy atom. The van der Waals surface area contributed by atoms with E-state index in [0.717, 1.165) is 25.4 Å². The van der Waals surface area contributed by atoms with Gasteiger partial charge in [0.2, 0.25) is 0 Å². The third kappa shape index (κ3) is 5.82. The van der Waals surface area contributed by atoms with Crippen LogP contribution in [0.3, 0.4) is 0 Å². The van der Waals surface area contributed by atoms with Gasteiger partial charge in [0.1, 0.15) is 12.2 Å². The van der Waals surface area contributed by atoms with Crippen LogP contribution >= 0.6 is 0 Å². The molecular formula is C40H46F6O7. The quantitative estimate of drug-likeness (QED) is 0.152. The highest BCUT2D eigenvalue weighted by molar-refractivity contribution is 5.83. The summed E-state index contributed by atoms with van der Waals surface area (Å²) in [6.45, 7) is 7.76. The zero-order chi connectivity index (χ0) is 38.8. The van der Waals surface area contributed by atoms with Gasteiger partial charge >= 0.3 is 24.3 Å². The summed E-state index contributed by atoms with van der Waals surface area (Å²) in [4.78, 5) is 27.2. The number of esters is 2. The Morgan fingerprint density at radius 2 is 1.19 bits per heavy atom. The number of alkyl halides is 6. The standard InChI is InChI=1S/C40H46F6O7/c1-34(2)28-18-17-26-27(35(28,3)22-20-29(34)52-32(47)37(49-5,39(41,42)43)24-13-9-7-10-14-24)19-21-36(4)30(23-51-31(26)36)53-33(48)38(50-6,40(44,45)46)25-15-11-8-12-16-25/h7-16,28-31H,17-23H2,1-6H3/t28-,29-,30+,31-,35+,36-,37-,38-/m1/s1. The van der Waals surface area contributed by atoms with E-state index < -0.39 is 75.6 Å². The lowest BCUT2D eigenvalue weighted by molar-refractivity contribution is -0.282. The van der Waals surface area contributed by atoms with E-state index in [1.807, 2.05) is 20.8 Å². The summed E-state index contributed by atoms with van der Waals surface area (Å²) in [7, 11) is 1.68. The molecule has 0 amide bonds. The minimum absolute atomic E-state index is 0.0841. The van der Waals surface area contributed by atoms with Gasteiger partial charge in [0.15, 0.2) is 0 Å². The van der Waals surface area contributed by atoms with Gasteiger partial charge in [0, 0.05) is 36.2 Å². The summed E-state index contributed by atoms with van der Waals surface area (Å²) in [6, 6.07) is 13.4. The van der Waals surface area contributed by atoms with E-state index in [0.29, 0.717) is 38.5 Å². The molecule has 2 aromatic rings. The van der Waals surface area contributed by atoms with Crippen LogP contribution in [0.5, 0.6) is 0 Å². The molecule has 3 aliphatic carbocycles. The zero-order valence-corrected chi connectivity index (χ0v) is 30.7. The number of hydrogen-bond acceptors (Lipinski definition) is 7. The van der Waals surface area contributed by atoms with Gasteiger partial charge in [-0.05, 0) is 55.4 Å². The zero-order valence-electron chi connectivity index (χ0n) is 30.7. The first kappa shape index (κ1) is 39.3. The fraction of sp³-hybridized carbons (Fsp3) is 0.600. The van der Waals surface area contributed by atoms with Crippen molar-refractivity contribution in [1.29, 1.82) is 0 Å². The second kappa shape index (κ2) is 13.4. The van der Waals surface area contributed by atoms with Gasteiger partial charge in [-0.15, -0.1) is 0 Å². The van der Waals surface area contributed by atoms with Crippen molar-refractivity contribution in [2.75, 3.05) is 20.8 Å². The van der Waals surface area contributed by atoms with E-state index in [9.17, 15) is 35.9 Å². The second-order valence-corrected chi connectivity index (χ2v) is 15.9. The molecule has 0 spiro atoms. The van der Waals surface area contributed by atoms with Crippen molar-refractivity contribution in [1.82, 2.24) is 0 Å².